The van der Waals surface area contributed by atoms with Crippen LogP contribution in [0, 0.1) is 5.92 Å². The molecule has 5 heteroatoms. The average Bonchev–Trinajstić information content (AvgIpc) is 3.05. The Labute approximate surface area is 95.8 Å². The lowest BCUT2D eigenvalue weighted by atomic mass is 10.2. The highest BCUT2D eigenvalue weighted by Crippen LogP contribution is 2.32. The van der Waals surface area contributed by atoms with Gasteiger partial charge < -0.3 is 15.3 Å². The highest BCUT2D eigenvalue weighted by atomic mass is 16.4. The normalized spacial score (nSPS) is 16.6. The Hall–Kier alpha value is -1.26. The van der Waals surface area contributed by atoms with Crippen molar-refractivity contribution >= 4 is 12.0 Å². The molecule has 92 valence electrons. The van der Waals surface area contributed by atoms with Crippen LogP contribution in [0.2, 0.25) is 0 Å². The minimum absolute atomic E-state index is 0.127. The van der Waals surface area contributed by atoms with E-state index in [0.717, 1.165) is 19.3 Å². The summed E-state index contributed by atoms with van der Waals surface area (Å²) in [7, 11) is 0. The van der Waals surface area contributed by atoms with Gasteiger partial charge in [0.05, 0.1) is 0 Å². The number of nitrogens with one attached hydrogen (secondary N) is 1. The van der Waals surface area contributed by atoms with E-state index in [1.165, 1.54) is 0 Å². The van der Waals surface area contributed by atoms with Gasteiger partial charge in [-0.05, 0) is 32.1 Å². The van der Waals surface area contributed by atoms with Crippen LogP contribution >= 0.6 is 0 Å². The maximum absolute atomic E-state index is 11.8. The van der Waals surface area contributed by atoms with Gasteiger partial charge >= 0.3 is 12.0 Å². The molecule has 2 amide bonds. The third-order valence-corrected chi connectivity index (χ3v) is 2.80. The number of nitrogens with zero attached hydrogens (tertiary/aromatic N) is 1. The van der Waals surface area contributed by atoms with Crippen LogP contribution in [0.5, 0.6) is 0 Å². The van der Waals surface area contributed by atoms with E-state index >= 15 is 0 Å². The molecule has 16 heavy (non-hydrogen) atoms. The number of carbonyl (C=O) groups is 2. The molecule has 2 N–H and O–H groups in total. The highest BCUT2D eigenvalue weighted by molar-refractivity contribution is 5.83. The average molecular weight is 228 g/mol. The molecule has 0 heterocycles. The van der Waals surface area contributed by atoms with Gasteiger partial charge in [-0.25, -0.2) is 9.59 Å². The van der Waals surface area contributed by atoms with E-state index in [0.29, 0.717) is 13.1 Å². The van der Waals surface area contributed by atoms with Crippen LogP contribution in [0.3, 0.4) is 0 Å². The molecule has 1 rings (SSSR count). The minimum Gasteiger partial charge on any atom is -0.480 e. The summed E-state index contributed by atoms with van der Waals surface area (Å²) in [5.74, 6) is -0.801. The van der Waals surface area contributed by atoms with E-state index < -0.39 is 12.0 Å². The molecule has 0 aromatic heterocycles. The molecule has 1 aliphatic rings. The lowest BCUT2D eigenvalue weighted by Crippen LogP contribution is -2.49. The monoisotopic (exact) mass is 228 g/mol. The van der Waals surface area contributed by atoms with E-state index in [-0.39, 0.29) is 11.9 Å². The van der Waals surface area contributed by atoms with Gasteiger partial charge in [-0.3, -0.25) is 0 Å². The second kappa shape index (κ2) is 5.72. The first-order valence-corrected chi connectivity index (χ1v) is 5.88. The van der Waals surface area contributed by atoms with Gasteiger partial charge in [0.2, 0.25) is 0 Å². The fraction of sp³-hybridized carbons (Fsp3) is 0.818. The molecule has 1 aliphatic carbocycles. The van der Waals surface area contributed by atoms with E-state index in [9.17, 15) is 9.59 Å². The van der Waals surface area contributed by atoms with Gasteiger partial charge in [0, 0.05) is 13.1 Å². The molecule has 0 aromatic carbocycles. The van der Waals surface area contributed by atoms with Crippen molar-refractivity contribution in [1.82, 2.24) is 10.2 Å². The summed E-state index contributed by atoms with van der Waals surface area (Å²) in [6, 6.07) is -0.970. The molecule has 0 bridgehead atoms. The third kappa shape index (κ3) is 3.40. The summed E-state index contributed by atoms with van der Waals surface area (Å²) in [6.45, 7) is 5.16. The summed E-state index contributed by atoms with van der Waals surface area (Å²) in [4.78, 5) is 24.4. The molecule has 1 unspecified atom stereocenters. The second-order valence-corrected chi connectivity index (χ2v) is 4.18. The Balaban J connectivity index is 2.49. The summed E-state index contributed by atoms with van der Waals surface area (Å²) in [5.41, 5.74) is 0. The van der Waals surface area contributed by atoms with Crippen LogP contribution in [0.25, 0.3) is 0 Å². The molecule has 0 spiro atoms. The summed E-state index contributed by atoms with van der Waals surface area (Å²) >= 11 is 0. The molecule has 5 nitrogen and oxygen atoms in total. The topological polar surface area (TPSA) is 69.6 Å². The van der Waals surface area contributed by atoms with E-state index in [1.54, 1.807) is 4.90 Å². The van der Waals surface area contributed by atoms with Gasteiger partial charge in [-0.2, -0.15) is 0 Å². The Kier molecular flexibility index (Phi) is 4.58. The first-order valence-electron chi connectivity index (χ1n) is 5.88. The number of hydrogen-bond acceptors (Lipinski definition) is 2. The first-order chi connectivity index (χ1) is 7.60. The molecule has 0 aliphatic heterocycles. The van der Waals surface area contributed by atoms with E-state index in [2.05, 4.69) is 5.32 Å². The molecule has 0 saturated heterocycles. The fourth-order valence-corrected chi connectivity index (χ4v) is 1.71. The van der Waals surface area contributed by atoms with Crippen molar-refractivity contribution in [3.8, 4) is 0 Å². The summed E-state index contributed by atoms with van der Waals surface area (Å²) in [6.07, 6.45) is 2.68. The van der Waals surface area contributed by atoms with Crippen molar-refractivity contribution in [1.29, 1.82) is 0 Å². The van der Waals surface area contributed by atoms with Crippen LogP contribution < -0.4 is 5.32 Å². The number of carboxylic acids is 1. The van der Waals surface area contributed by atoms with Crippen molar-refractivity contribution in [3.05, 3.63) is 0 Å². The smallest absolute Gasteiger partial charge is 0.326 e. The molecule has 0 radical (unpaired) electrons. The SMILES string of the molecule is CCCN(CC)C(=O)NC(C(=O)O)C1CC1. The lowest BCUT2D eigenvalue weighted by Gasteiger charge is -2.23. The number of carbonyl (C=O) groups excluding carboxylic acids is 1. The van der Waals surface area contributed by atoms with E-state index in [4.69, 9.17) is 5.11 Å². The molecular formula is C11H20N2O3. The molecule has 1 fully saturated rings. The van der Waals surface area contributed by atoms with Crippen LogP contribution in [0.4, 0.5) is 4.79 Å². The largest absolute Gasteiger partial charge is 0.480 e. The summed E-state index contributed by atoms with van der Waals surface area (Å²) < 4.78 is 0. The summed E-state index contributed by atoms with van der Waals surface area (Å²) in [5, 5.41) is 11.6. The zero-order valence-electron chi connectivity index (χ0n) is 9.90. The van der Waals surface area contributed by atoms with Crippen molar-refractivity contribution in [2.75, 3.05) is 13.1 Å². The zero-order chi connectivity index (χ0) is 12.1. The number of rotatable bonds is 6. The zero-order valence-corrected chi connectivity index (χ0v) is 9.90. The van der Waals surface area contributed by atoms with Gasteiger partial charge in [-0.1, -0.05) is 6.92 Å². The molecule has 1 saturated carbocycles. The van der Waals surface area contributed by atoms with Crippen molar-refractivity contribution in [3.63, 3.8) is 0 Å². The number of urea groups is 1. The van der Waals surface area contributed by atoms with Gasteiger partial charge in [0.1, 0.15) is 6.04 Å². The number of aliphatic carboxylic acids is 1. The van der Waals surface area contributed by atoms with Crippen molar-refractivity contribution < 1.29 is 14.7 Å². The van der Waals surface area contributed by atoms with Crippen LogP contribution in [0.15, 0.2) is 0 Å². The van der Waals surface area contributed by atoms with Gasteiger partial charge in [-0.15, -0.1) is 0 Å². The lowest BCUT2D eigenvalue weighted by molar-refractivity contribution is -0.139. The van der Waals surface area contributed by atoms with Gasteiger partial charge in [0.15, 0.2) is 0 Å². The van der Waals surface area contributed by atoms with E-state index in [1.807, 2.05) is 13.8 Å². The molecular weight excluding hydrogens is 208 g/mol. The fourth-order valence-electron chi connectivity index (χ4n) is 1.71. The number of carboxylic acid groups (broad SMARTS) is 1. The van der Waals surface area contributed by atoms with Crippen molar-refractivity contribution in [2.24, 2.45) is 5.92 Å². The quantitative estimate of drug-likeness (QED) is 0.719. The maximum atomic E-state index is 11.8. The van der Waals surface area contributed by atoms with Gasteiger partial charge in [0.25, 0.3) is 0 Å². The van der Waals surface area contributed by atoms with Crippen LogP contribution in [-0.2, 0) is 4.79 Å². The second-order valence-electron chi connectivity index (χ2n) is 4.18. The number of hydrogen-bond donors (Lipinski definition) is 2. The van der Waals surface area contributed by atoms with Crippen molar-refractivity contribution in [2.45, 2.75) is 39.2 Å². The maximum Gasteiger partial charge on any atom is 0.326 e. The predicted molar refractivity (Wildman–Crippen MR) is 60.2 cm³/mol. The molecule has 0 aromatic rings. The number of amides is 2. The van der Waals surface area contributed by atoms with Crippen LogP contribution in [0.1, 0.15) is 33.1 Å². The Morgan fingerprint density at radius 1 is 1.44 bits per heavy atom. The Morgan fingerprint density at radius 3 is 2.44 bits per heavy atom. The Bertz CT molecular complexity index is 264. The standard InChI is InChI=1S/C11H20N2O3/c1-3-7-13(4-2)11(16)12-9(10(14)15)8-5-6-8/h8-9H,3-7H2,1-2H3,(H,12,16)(H,14,15). The molecule has 1 atom stereocenters. The minimum atomic E-state index is -0.927. The Morgan fingerprint density at radius 2 is 2.06 bits per heavy atom. The first kappa shape index (κ1) is 12.8. The highest BCUT2D eigenvalue weighted by Gasteiger charge is 2.37. The predicted octanol–water partition coefficient (Wildman–Crippen LogP) is 1.29. The third-order valence-electron chi connectivity index (χ3n) is 2.80. The van der Waals surface area contributed by atoms with Crippen LogP contribution in [-0.4, -0.2) is 41.1 Å².